The van der Waals surface area contributed by atoms with Crippen molar-refractivity contribution in [3.8, 4) is 0 Å². The fourth-order valence-corrected chi connectivity index (χ4v) is 2.92. The van der Waals surface area contributed by atoms with Gasteiger partial charge in [0.1, 0.15) is 0 Å². The van der Waals surface area contributed by atoms with E-state index in [4.69, 9.17) is 10.5 Å². The van der Waals surface area contributed by atoms with Gasteiger partial charge in [-0.25, -0.2) is 0 Å². The van der Waals surface area contributed by atoms with Gasteiger partial charge in [-0.2, -0.15) is 0 Å². The van der Waals surface area contributed by atoms with Crippen LogP contribution in [0.1, 0.15) is 62.3 Å². The molecule has 2 nitrogen and oxygen atoms in total. The minimum atomic E-state index is 0.158. The van der Waals surface area contributed by atoms with Crippen molar-refractivity contribution >= 4 is 0 Å². The number of ether oxygens (including phenoxy) is 1. The van der Waals surface area contributed by atoms with Crippen molar-refractivity contribution in [2.45, 2.75) is 64.5 Å². The van der Waals surface area contributed by atoms with E-state index in [9.17, 15) is 0 Å². The highest BCUT2D eigenvalue weighted by Gasteiger charge is 2.18. The molecule has 106 valence electrons. The molecule has 0 radical (unpaired) electrons. The van der Waals surface area contributed by atoms with Crippen LogP contribution in [-0.2, 0) is 17.6 Å². The number of hydrogen-bond acceptors (Lipinski definition) is 2. The van der Waals surface area contributed by atoms with Gasteiger partial charge in [-0.05, 0) is 55.2 Å². The Morgan fingerprint density at radius 2 is 2.16 bits per heavy atom. The first-order valence-corrected chi connectivity index (χ1v) is 7.73. The van der Waals surface area contributed by atoms with Crippen LogP contribution in [0.25, 0.3) is 0 Å². The van der Waals surface area contributed by atoms with Crippen LogP contribution in [0.3, 0.4) is 0 Å². The second-order valence-corrected chi connectivity index (χ2v) is 5.56. The van der Waals surface area contributed by atoms with Crippen LogP contribution in [0, 0.1) is 0 Å². The van der Waals surface area contributed by atoms with Gasteiger partial charge in [0.15, 0.2) is 0 Å². The molecular weight excluding hydrogens is 234 g/mol. The summed E-state index contributed by atoms with van der Waals surface area (Å²) in [6.07, 6.45) is 7.15. The lowest BCUT2D eigenvalue weighted by atomic mass is 9.92. The zero-order valence-corrected chi connectivity index (χ0v) is 12.3. The molecule has 2 atom stereocenters. The van der Waals surface area contributed by atoms with Crippen molar-refractivity contribution in [1.82, 2.24) is 0 Å². The maximum absolute atomic E-state index is 6.42. The quantitative estimate of drug-likeness (QED) is 0.846. The zero-order valence-electron chi connectivity index (χ0n) is 12.3. The largest absolute Gasteiger partial charge is 0.378 e. The fraction of sp³-hybridized carbons (Fsp3) is 0.647. The number of benzene rings is 1. The molecule has 2 rings (SSSR count). The second-order valence-electron chi connectivity index (χ2n) is 5.56. The van der Waals surface area contributed by atoms with Crippen LogP contribution >= 0.6 is 0 Å². The van der Waals surface area contributed by atoms with Crippen molar-refractivity contribution in [2.24, 2.45) is 5.73 Å². The topological polar surface area (TPSA) is 35.2 Å². The molecule has 1 saturated heterocycles. The number of rotatable bonds is 6. The molecule has 1 aromatic carbocycles. The summed E-state index contributed by atoms with van der Waals surface area (Å²) in [4.78, 5) is 0. The maximum Gasteiger partial charge on any atom is 0.0576 e. The third-order valence-corrected chi connectivity index (χ3v) is 4.22. The predicted octanol–water partition coefficient (Wildman–Crippen LogP) is 3.77. The van der Waals surface area contributed by atoms with Gasteiger partial charge in [-0.1, -0.05) is 32.0 Å². The summed E-state index contributed by atoms with van der Waals surface area (Å²) in [6.45, 7) is 5.34. The molecule has 19 heavy (non-hydrogen) atoms. The molecule has 2 N–H and O–H groups in total. The molecule has 0 spiro atoms. The van der Waals surface area contributed by atoms with Gasteiger partial charge in [0.05, 0.1) is 6.10 Å². The van der Waals surface area contributed by atoms with Crippen LogP contribution in [0.5, 0.6) is 0 Å². The average molecular weight is 261 g/mol. The minimum Gasteiger partial charge on any atom is -0.378 e. The van der Waals surface area contributed by atoms with E-state index in [1.54, 1.807) is 0 Å². The monoisotopic (exact) mass is 261 g/mol. The van der Waals surface area contributed by atoms with Crippen LogP contribution in [0.4, 0.5) is 0 Å². The van der Waals surface area contributed by atoms with E-state index in [0.717, 1.165) is 32.3 Å². The summed E-state index contributed by atoms with van der Waals surface area (Å²) < 4.78 is 5.69. The van der Waals surface area contributed by atoms with Gasteiger partial charge < -0.3 is 10.5 Å². The normalized spacial score (nSPS) is 20.7. The van der Waals surface area contributed by atoms with E-state index in [2.05, 4.69) is 32.0 Å². The van der Waals surface area contributed by atoms with Crippen molar-refractivity contribution in [3.63, 3.8) is 0 Å². The summed E-state index contributed by atoms with van der Waals surface area (Å²) in [6, 6.07) is 6.94. The van der Waals surface area contributed by atoms with Crippen LogP contribution in [0.15, 0.2) is 18.2 Å². The summed E-state index contributed by atoms with van der Waals surface area (Å²) in [5, 5.41) is 0. The molecule has 1 aromatic rings. The SMILES string of the molecule is CCc1ccc(CC)c(C(N)CCC2CCCO2)c1. The number of aryl methyl sites for hydroxylation is 2. The molecule has 1 fully saturated rings. The molecule has 1 aliphatic rings. The first-order chi connectivity index (χ1) is 9.24. The molecule has 1 heterocycles. The van der Waals surface area contributed by atoms with Gasteiger partial charge in [-0.3, -0.25) is 0 Å². The Morgan fingerprint density at radius 1 is 1.32 bits per heavy atom. The average Bonchev–Trinajstić information content (AvgIpc) is 2.97. The Balaban J connectivity index is 2.01. The molecule has 2 unspecified atom stereocenters. The lowest BCUT2D eigenvalue weighted by Gasteiger charge is -2.19. The van der Waals surface area contributed by atoms with E-state index in [-0.39, 0.29) is 6.04 Å². The number of nitrogens with two attached hydrogens (primary N) is 1. The van der Waals surface area contributed by atoms with E-state index in [1.165, 1.54) is 29.5 Å². The van der Waals surface area contributed by atoms with Gasteiger partial charge in [0.2, 0.25) is 0 Å². The first-order valence-electron chi connectivity index (χ1n) is 7.73. The second kappa shape index (κ2) is 7.06. The predicted molar refractivity (Wildman–Crippen MR) is 80.3 cm³/mol. The minimum absolute atomic E-state index is 0.158. The van der Waals surface area contributed by atoms with E-state index >= 15 is 0 Å². The fourth-order valence-electron chi connectivity index (χ4n) is 2.92. The van der Waals surface area contributed by atoms with Gasteiger partial charge in [0.25, 0.3) is 0 Å². The van der Waals surface area contributed by atoms with Gasteiger partial charge >= 0.3 is 0 Å². The highest BCUT2D eigenvalue weighted by Crippen LogP contribution is 2.26. The van der Waals surface area contributed by atoms with E-state index in [0.29, 0.717) is 6.10 Å². The lowest BCUT2D eigenvalue weighted by Crippen LogP contribution is -2.16. The van der Waals surface area contributed by atoms with E-state index in [1.807, 2.05) is 0 Å². The highest BCUT2D eigenvalue weighted by molar-refractivity contribution is 5.34. The smallest absolute Gasteiger partial charge is 0.0576 e. The van der Waals surface area contributed by atoms with E-state index < -0.39 is 0 Å². The Bertz CT molecular complexity index is 396. The van der Waals surface area contributed by atoms with Crippen LogP contribution < -0.4 is 5.73 Å². The molecule has 0 saturated carbocycles. The van der Waals surface area contributed by atoms with Crippen LogP contribution in [0.2, 0.25) is 0 Å². The molecule has 2 heteroatoms. The maximum atomic E-state index is 6.42. The molecule has 0 bridgehead atoms. The van der Waals surface area contributed by atoms with Crippen molar-refractivity contribution < 1.29 is 4.74 Å². The lowest BCUT2D eigenvalue weighted by molar-refractivity contribution is 0.101. The molecular formula is C17H27NO. The summed E-state index contributed by atoms with van der Waals surface area (Å²) in [5.74, 6) is 0. The van der Waals surface area contributed by atoms with Gasteiger partial charge in [0, 0.05) is 12.6 Å². The number of hydrogen-bond donors (Lipinski definition) is 1. The summed E-state index contributed by atoms with van der Waals surface area (Å²) in [5.41, 5.74) is 10.6. The Labute approximate surface area is 117 Å². The molecule has 1 aliphatic heterocycles. The Hall–Kier alpha value is -0.860. The zero-order chi connectivity index (χ0) is 13.7. The summed E-state index contributed by atoms with van der Waals surface area (Å²) >= 11 is 0. The molecule has 0 aliphatic carbocycles. The molecule has 0 aromatic heterocycles. The standard InChI is InChI=1S/C17H27NO/c1-3-13-7-8-14(4-2)16(12-13)17(18)10-9-15-6-5-11-19-15/h7-8,12,15,17H,3-6,9-11,18H2,1-2H3. The highest BCUT2D eigenvalue weighted by atomic mass is 16.5. The van der Waals surface area contributed by atoms with Crippen molar-refractivity contribution in [3.05, 3.63) is 34.9 Å². The summed E-state index contributed by atoms with van der Waals surface area (Å²) in [7, 11) is 0. The van der Waals surface area contributed by atoms with Crippen LogP contribution in [-0.4, -0.2) is 12.7 Å². The first kappa shape index (κ1) is 14.5. The Morgan fingerprint density at radius 3 is 2.79 bits per heavy atom. The molecule has 0 amide bonds. The van der Waals surface area contributed by atoms with Gasteiger partial charge in [-0.15, -0.1) is 0 Å². The third-order valence-electron chi connectivity index (χ3n) is 4.22. The van der Waals surface area contributed by atoms with Crippen molar-refractivity contribution in [1.29, 1.82) is 0 Å². The van der Waals surface area contributed by atoms with Crippen molar-refractivity contribution in [2.75, 3.05) is 6.61 Å². The third kappa shape index (κ3) is 3.80. The Kier molecular flexibility index (Phi) is 5.41.